The van der Waals surface area contributed by atoms with Gasteiger partial charge in [-0.15, -0.1) is 0 Å². The molecule has 100 valence electrons. The molecule has 2 rings (SSSR count). The van der Waals surface area contributed by atoms with E-state index in [9.17, 15) is 18.3 Å². The molecule has 0 aromatic rings. The molecule has 1 heterocycles. The molecule has 0 spiro atoms. The van der Waals surface area contributed by atoms with Crippen molar-refractivity contribution >= 4 is 0 Å². The van der Waals surface area contributed by atoms with Gasteiger partial charge in [-0.2, -0.15) is 13.2 Å². The minimum atomic E-state index is -4.14. The minimum absolute atomic E-state index is 0.00229. The molecule has 0 amide bonds. The molecule has 3 nitrogen and oxygen atoms in total. The fourth-order valence-corrected chi connectivity index (χ4v) is 2.87. The summed E-state index contributed by atoms with van der Waals surface area (Å²) < 4.78 is 42.7. The SMILES string of the molecule is NC1(C2(O)CCOC2)CCC(C(F)(F)F)CC1. The van der Waals surface area contributed by atoms with Crippen molar-refractivity contribution in [2.75, 3.05) is 13.2 Å². The Bertz CT molecular complexity index is 279. The van der Waals surface area contributed by atoms with Gasteiger partial charge >= 0.3 is 6.18 Å². The summed E-state index contributed by atoms with van der Waals surface area (Å²) in [5.74, 6) is -1.27. The van der Waals surface area contributed by atoms with Crippen molar-refractivity contribution in [3.63, 3.8) is 0 Å². The molecule has 2 aliphatic rings. The highest BCUT2D eigenvalue weighted by Crippen LogP contribution is 2.45. The summed E-state index contributed by atoms with van der Waals surface area (Å²) in [7, 11) is 0. The molecule has 1 saturated heterocycles. The van der Waals surface area contributed by atoms with Crippen LogP contribution in [0, 0.1) is 5.92 Å². The molecule has 1 saturated carbocycles. The normalized spacial score (nSPS) is 43.9. The van der Waals surface area contributed by atoms with E-state index in [1.54, 1.807) is 0 Å². The fourth-order valence-electron chi connectivity index (χ4n) is 2.87. The third kappa shape index (κ3) is 2.30. The average molecular weight is 253 g/mol. The number of aliphatic hydroxyl groups is 1. The molecule has 0 bridgehead atoms. The first-order valence-corrected chi connectivity index (χ1v) is 5.93. The van der Waals surface area contributed by atoms with E-state index in [2.05, 4.69) is 0 Å². The summed E-state index contributed by atoms with van der Waals surface area (Å²) >= 11 is 0. The van der Waals surface area contributed by atoms with Crippen LogP contribution < -0.4 is 5.73 Å². The Hall–Kier alpha value is -0.330. The highest BCUT2D eigenvalue weighted by molar-refractivity contribution is 5.07. The fraction of sp³-hybridized carbons (Fsp3) is 1.00. The first kappa shape index (κ1) is 13.1. The zero-order chi connectivity index (χ0) is 12.7. The van der Waals surface area contributed by atoms with Crippen molar-refractivity contribution in [3.05, 3.63) is 0 Å². The van der Waals surface area contributed by atoms with Crippen LogP contribution in [0.2, 0.25) is 0 Å². The van der Waals surface area contributed by atoms with Crippen molar-refractivity contribution in [1.29, 1.82) is 0 Å². The van der Waals surface area contributed by atoms with E-state index in [0.29, 0.717) is 13.0 Å². The van der Waals surface area contributed by atoms with Gasteiger partial charge in [0.05, 0.1) is 12.5 Å². The van der Waals surface area contributed by atoms with Gasteiger partial charge in [0, 0.05) is 18.6 Å². The quantitative estimate of drug-likeness (QED) is 0.746. The van der Waals surface area contributed by atoms with Crippen LogP contribution in [0.5, 0.6) is 0 Å². The number of halogens is 3. The second-order valence-corrected chi connectivity index (χ2v) is 5.31. The van der Waals surface area contributed by atoms with E-state index in [0.717, 1.165) is 0 Å². The predicted octanol–water partition coefficient (Wildman–Crippen LogP) is 1.59. The number of nitrogens with two attached hydrogens (primary N) is 1. The van der Waals surface area contributed by atoms with Gasteiger partial charge in [0.2, 0.25) is 0 Å². The van der Waals surface area contributed by atoms with Crippen LogP contribution in [0.15, 0.2) is 0 Å². The third-order valence-electron chi connectivity index (χ3n) is 4.27. The lowest BCUT2D eigenvalue weighted by Gasteiger charge is -2.46. The number of rotatable bonds is 1. The Labute approximate surface area is 98.1 Å². The zero-order valence-corrected chi connectivity index (χ0v) is 9.59. The van der Waals surface area contributed by atoms with Gasteiger partial charge in [0.15, 0.2) is 0 Å². The molecular formula is C11H18F3NO2. The van der Waals surface area contributed by atoms with Crippen LogP contribution >= 0.6 is 0 Å². The molecular weight excluding hydrogens is 235 g/mol. The number of ether oxygens (including phenoxy) is 1. The molecule has 3 N–H and O–H groups in total. The Morgan fingerprint density at radius 1 is 1.18 bits per heavy atom. The molecule has 1 aliphatic heterocycles. The highest BCUT2D eigenvalue weighted by Gasteiger charge is 2.54. The smallest absolute Gasteiger partial charge is 0.385 e. The summed E-state index contributed by atoms with van der Waals surface area (Å²) in [6.07, 6.45) is -3.31. The van der Waals surface area contributed by atoms with E-state index in [1.807, 2.05) is 0 Å². The Morgan fingerprint density at radius 3 is 2.18 bits per heavy atom. The van der Waals surface area contributed by atoms with Crippen molar-refractivity contribution in [3.8, 4) is 0 Å². The first-order valence-electron chi connectivity index (χ1n) is 5.93. The van der Waals surface area contributed by atoms with E-state index in [1.165, 1.54) is 0 Å². The van der Waals surface area contributed by atoms with E-state index in [4.69, 9.17) is 10.5 Å². The molecule has 17 heavy (non-hydrogen) atoms. The van der Waals surface area contributed by atoms with Crippen LogP contribution in [0.1, 0.15) is 32.1 Å². The molecule has 6 heteroatoms. The summed E-state index contributed by atoms with van der Waals surface area (Å²) in [5.41, 5.74) is 4.03. The van der Waals surface area contributed by atoms with Gasteiger partial charge in [-0.05, 0) is 25.7 Å². The van der Waals surface area contributed by atoms with Crippen LogP contribution in [0.25, 0.3) is 0 Å². The van der Waals surface area contributed by atoms with E-state index < -0.39 is 23.2 Å². The van der Waals surface area contributed by atoms with Crippen molar-refractivity contribution in [2.45, 2.75) is 49.4 Å². The van der Waals surface area contributed by atoms with Gasteiger partial charge in [0.1, 0.15) is 5.60 Å². The van der Waals surface area contributed by atoms with Gasteiger partial charge in [-0.1, -0.05) is 0 Å². The predicted molar refractivity (Wildman–Crippen MR) is 55.3 cm³/mol. The van der Waals surface area contributed by atoms with Crippen LogP contribution in [-0.4, -0.2) is 35.6 Å². The van der Waals surface area contributed by atoms with Crippen molar-refractivity contribution in [1.82, 2.24) is 0 Å². The minimum Gasteiger partial charge on any atom is -0.385 e. The lowest BCUT2D eigenvalue weighted by atomic mass is 9.67. The maximum Gasteiger partial charge on any atom is 0.391 e. The van der Waals surface area contributed by atoms with Gasteiger partial charge < -0.3 is 15.6 Å². The molecule has 2 fully saturated rings. The van der Waals surface area contributed by atoms with Crippen LogP contribution in [-0.2, 0) is 4.74 Å². The molecule has 0 aromatic heterocycles. The van der Waals surface area contributed by atoms with Crippen LogP contribution in [0.4, 0.5) is 13.2 Å². The number of hydrogen-bond donors (Lipinski definition) is 2. The topological polar surface area (TPSA) is 55.5 Å². The lowest BCUT2D eigenvalue weighted by molar-refractivity contribution is -0.190. The summed E-state index contributed by atoms with van der Waals surface area (Å²) in [6.45, 7) is 0.568. The summed E-state index contributed by atoms with van der Waals surface area (Å²) in [4.78, 5) is 0. The Kier molecular flexibility index (Phi) is 3.16. The van der Waals surface area contributed by atoms with Crippen LogP contribution in [0.3, 0.4) is 0 Å². The lowest BCUT2D eigenvalue weighted by Crippen LogP contribution is -2.63. The summed E-state index contributed by atoms with van der Waals surface area (Å²) in [5, 5.41) is 10.3. The Morgan fingerprint density at radius 2 is 1.76 bits per heavy atom. The maximum atomic E-state index is 12.5. The first-order chi connectivity index (χ1) is 7.77. The average Bonchev–Trinajstić information content (AvgIpc) is 2.66. The van der Waals surface area contributed by atoms with E-state index in [-0.39, 0.29) is 32.3 Å². The monoisotopic (exact) mass is 253 g/mol. The molecule has 0 aromatic carbocycles. The van der Waals surface area contributed by atoms with Gasteiger partial charge in [-0.3, -0.25) is 0 Å². The Balaban J connectivity index is 2.02. The second-order valence-electron chi connectivity index (χ2n) is 5.31. The van der Waals surface area contributed by atoms with Crippen molar-refractivity contribution < 1.29 is 23.0 Å². The van der Waals surface area contributed by atoms with Gasteiger partial charge in [0.25, 0.3) is 0 Å². The van der Waals surface area contributed by atoms with E-state index >= 15 is 0 Å². The van der Waals surface area contributed by atoms with Gasteiger partial charge in [-0.25, -0.2) is 0 Å². The second kappa shape index (κ2) is 4.10. The maximum absolute atomic E-state index is 12.5. The molecule has 1 aliphatic carbocycles. The number of alkyl halides is 3. The molecule has 0 radical (unpaired) electrons. The largest absolute Gasteiger partial charge is 0.391 e. The van der Waals surface area contributed by atoms with Crippen molar-refractivity contribution in [2.24, 2.45) is 11.7 Å². The molecule has 1 unspecified atom stereocenters. The molecule has 1 atom stereocenters. The highest BCUT2D eigenvalue weighted by atomic mass is 19.4. The zero-order valence-electron chi connectivity index (χ0n) is 9.59. The standard InChI is InChI=1S/C11H18F3NO2/c12-11(13,14)8-1-3-9(15,4-2-8)10(16)5-6-17-7-10/h8,16H,1-7,15H2. The number of hydrogen-bond acceptors (Lipinski definition) is 3. The third-order valence-corrected chi connectivity index (χ3v) is 4.27. The summed E-state index contributed by atoms with van der Waals surface area (Å²) in [6, 6.07) is 0.